The van der Waals surface area contributed by atoms with Crippen molar-refractivity contribution in [3.05, 3.63) is 29.3 Å². The highest BCUT2D eigenvalue weighted by atomic mass is 32.2. The standard InChI is InChI=1S/C19H29N3O3S/c1-15-6-7-17(16(2)14-15)26(24,25)22-12-8-19(9-13-22,18(20)23)21-10-4-3-5-11-21/h6-7,14H,3-5,8-13H2,1-2H3,(H2,20,23). The third-order valence-corrected chi connectivity index (χ3v) is 7.98. The van der Waals surface area contributed by atoms with Crippen LogP contribution in [-0.2, 0) is 14.8 Å². The second-order valence-electron chi connectivity index (χ2n) is 7.62. The summed E-state index contributed by atoms with van der Waals surface area (Å²) in [5.41, 5.74) is 6.89. The first-order chi connectivity index (χ1) is 12.3. The van der Waals surface area contributed by atoms with E-state index >= 15 is 0 Å². The Morgan fingerprint density at radius 2 is 1.65 bits per heavy atom. The normalized spacial score (nSPS) is 22.2. The SMILES string of the molecule is Cc1ccc(S(=O)(=O)N2CCC(C(N)=O)(N3CCCCC3)CC2)c(C)c1. The van der Waals surface area contributed by atoms with Crippen LogP contribution in [0.2, 0.25) is 0 Å². The minimum absolute atomic E-state index is 0.317. The zero-order chi connectivity index (χ0) is 18.9. The lowest BCUT2D eigenvalue weighted by atomic mass is 9.84. The average molecular weight is 380 g/mol. The highest BCUT2D eigenvalue weighted by molar-refractivity contribution is 7.89. The summed E-state index contributed by atoms with van der Waals surface area (Å²) < 4.78 is 27.7. The Morgan fingerprint density at radius 3 is 2.19 bits per heavy atom. The van der Waals surface area contributed by atoms with Crippen LogP contribution in [0.25, 0.3) is 0 Å². The van der Waals surface area contributed by atoms with Crippen LogP contribution >= 0.6 is 0 Å². The number of nitrogens with two attached hydrogens (primary N) is 1. The molecule has 1 aromatic rings. The Kier molecular flexibility index (Phi) is 5.42. The summed E-state index contributed by atoms with van der Waals surface area (Å²) in [5.74, 6) is -0.317. The van der Waals surface area contributed by atoms with Crippen LogP contribution < -0.4 is 5.73 Å². The molecule has 144 valence electrons. The topological polar surface area (TPSA) is 83.7 Å². The van der Waals surface area contributed by atoms with Crippen molar-refractivity contribution in [2.45, 2.75) is 56.4 Å². The predicted molar refractivity (Wildman–Crippen MR) is 101 cm³/mol. The first-order valence-electron chi connectivity index (χ1n) is 9.40. The van der Waals surface area contributed by atoms with E-state index in [4.69, 9.17) is 5.73 Å². The summed E-state index contributed by atoms with van der Waals surface area (Å²) >= 11 is 0. The summed E-state index contributed by atoms with van der Waals surface area (Å²) in [6.45, 7) is 6.17. The van der Waals surface area contributed by atoms with Crippen molar-refractivity contribution in [2.24, 2.45) is 5.73 Å². The number of carbonyl (C=O) groups excluding carboxylic acids is 1. The van der Waals surface area contributed by atoms with Gasteiger partial charge in [0.2, 0.25) is 15.9 Å². The monoisotopic (exact) mass is 379 g/mol. The number of rotatable bonds is 4. The van der Waals surface area contributed by atoms with Crippen molar-refractivity contribution < 1.29 is 13.2 Å². The summed E-state index contributed by atoms with van der Waals surface area (Å²) in [7, 11) is -3.55. The number of primary amides is 1. The van der Waals surface area contributed by atoms with Gasteiger partial charge in [-0.25, -0.2) is 8.42 Å². The molecule has 0 bridgehead atoms. The van der Waals surface area contributed by atoms with E-state index in [2.05, 4.69) is 4.90 Å². The van der Waals surface area contributed by atoms with E-state index in [1.807, 2.05) is 26.0 Å². The Hall–Kier alpha value is -1.44. The molecular weight excluding hydrogens is 350 g/mol. The molecule has 0 atom stereocenters. The van der Waals surface area contributed by atoms with Crippen molar-refractivity contribution in [2.75, 3.05) is 26.2 Å². The zero-order valence-corrected chi connectivity index (χ0v) is 16.5. The number of likely N-dealkylation sites (tertiary alicyclic amines) is 1. The number of hydrogen-bond donors (Lipinski definition) is 1. The van der Waals surface area contributed by atoms with Crippen LogP contribution in [0.5, 0.6) is 0 Å². The fourth-order valence-electron chi connectivity index (χ4n) is 4.36. The molecule has 3 rings (SSSR count). The minimum Gasteiger partial charge on any atom is -0.368 e. The van der Waals surface area contributed by atoms with E-state index in [1.165, 1.54) is 10.7 Å². The molecule has 2 saturated heterocycles. The highest BCUT2D eigenvalue weighted by Gasteiger charge is 2.47. The zero-order valence-electron chi connectivity index (χ0n) is 15.7. The molecule has 1 amide bonds. The molecule has 0 unspecified atom stereocenters. The average Bonchev–Trinajstić information content (AvgIpc) is 2.62. The van der Waals surface area contributed by atoms with E-state index in [0.717, 1.165) is 37.1 Å². The number of amides is 1. The lowest BCUT2D eigenvalue weighted by Gasteiger charge is -2.47. The molecule has 2 aliphatic rings. The Morgan fingerprint density at radius 1 is 1.04 bits per heavy atom. The largest absolute Gasteiger partial charge is 0.368 e. The van der Waals surface area contributed by atoms with E-state index in [0.29, 0.717) is 30.8 Å². The van der Waals surface area contributed by atoms with Gasteiger partial charge in [-0.2, -0.15) is 4.31 Å². The molecule has 2 N–H and O–H groups in total. The molecule has 1 aromatic carbocycles. The van der Waals surface area contributed by atoms with Crippen LogP contribution in [0.1, 0.15) is 43.2 Å². The molecule has 2 fully saturated rings. The van der Waals surface area contributed by atoms with E-state index in [-0.39, 0.29) is 5.91 Å². The first-order valence-corrected chi connectivity index (χ1v) is 10.8. The molecule has 0 aromatic heterocycles. The number of piperidine rings is 2. The Balaban J connectivity index is 1.80. The molecule has 2 aliphatic heterocycles. The second-order valence-corrected chi connectivity index (χ2v) is 9.52. The van der Waals surface area contributed by atoms with Gasteiger partial charge in [0.05, 0.1) is 4.90 Å². The fourth-order valence-corrected chi connectivity index (χ4v) is 6.01. The Labute approximate surface area is 156 Å². The van der Waals surface area contributed by atoms with Crippen molar-refractivity contribution >= 4 is 15.9 Å². The lowest BCUT2D eigenvalue weighted by Crippen LogP contribution is -2.63. The van der Waals surface area contributed by atoms with Crippen LogP contribution in [0.15, 0.2) is 23.1 Å². The number of benzene rings is 1. The molecule has 7 heteroatoms. The third-order valence-electron chi connectivity index (χ3n) is 5.92. The van der Waals surface area contributed by atoms with Crippen LogP contribution in [0.3, 0.4) is 0 Å². The van der Waals surface area contributed by atoms with Crippen LogP contribution in [-0.4, -0.2) is 55.2 Å². The predicted octanol–water partition coefficient (Wildman–Crippen LogP) is 1.80. The first kappa shape index (κ1) is 19.3. The maximum Gasteiger partial charge on any atom is 0.243 e. The summed E-state index contributed by atoms with van der Waals surface area (Å²) in [4.78, 5) is 14.9. The van der Waals surface area contributed by atoms with Gasteiger partial charge in [-0.3, -0.25) is 9.69 Å². The Bertz CT molecular complexity index is 777. The van der Waals surface area contributed by atoms with Gasteiger partial charge in [0.25, 0.3) is 0 Å². The van der Waals surface area contributed by atoms with Crippen molar-refractivity contribution in [1.82, 2.24) is 9.21 Å². The van der Waals surface area contributed by atoms with Crippen molar-refractivity contribution in [1.29, 1.82) is 0 Å². The number of hydrogen-bond acceptors (Lipinski definition) is 4. The molecule has 0 aliphatic carbocycles. The van der Waals surface area contributed by atoms with Gasteiger partial charge in [-0.05, 0) is 64.3 Å². The van der Waals surface area contributed by atoms with Gasteiger partial charge in [-0.15, -0.1) is 0 Å². The number of carbonyl (C=O) groups is 1. The summed E-state index contributed by atoms with van der Waals surface area (Å²) in [6, 6.07) is 5.39. The number of aryl methyl sites for hydroxylation is 2. The van der Waals surface area contributed by atoms with Crippen LogP contribution in [0.4, 0.5) is 0 Å². The molecule has 26 heavy (non-hydrogen) atoms. The molecule has 0 radical (unpaired) electrons. The fraction of sp³-hybridized carbons (Fsp3) is 0.632. The van der Waals surface area contributed by atoms with E-state index < -0.39 is 15.6 Å². The lowest BCUT2D eigenvalue weighted by molar-refractivity contribution is -0.134. The van der Waals surface area contributed by atoms with Gasteiger partial charge in [-0.1, -0.05) is 24.1 Å². The number of sulfonamides is 1. The minimum atomic E-state index is -3.55. The summed E-state index contributed by atoms with van der Waals surface area (Å²) in [6.07, 6.45) is 4.25. The number of nitrogens with zero attached hydrogens (tertiary/aromatic N) is 2. The van der Waals surface area contributed by atoms with Gasteiger partial charge in [0, 0.05) is 13.1 Å². The summed E-state index contributed by atoms with van der Waals surface area (Å²) in [5, 5.41) is 0. The van der Waals surface area contributed by atoms with Gasteiger partial charge >= 0.3 is 0 Å². The van der Waals surface area contributed by atoms with Gasteiger partial charge < -0.3 is 5.73 Å². The smallest absolute Gasteiger partial charge is 0.243 e. The highest BCUT2D eigenvalue weighted by Crippen LogP contribution is 2.34. The van der Waals surface area contributed by atoms with Crippen molar-refractivity contribution in [3.63, 3.8) is 0 Å². The van der Waals surface area contributed by atoms with E-state index in [1.54, 1.807) is 6.07 Å². The van der Waals surface area contributed by atoms with Gasteiger partial charge in [0.1, 0.15) is 5.54 Å². The van der Waals surface area contributed by atoms with E-state index in [9.17, 15) is 13.2 Å². The van der Waals surface area contributed by atoms with Gasteiger partial charge in [0.15, 0.2) is 0 Å². The maximum absolute atomic E-state index is 13.1. The molecule has 6 nitrogen and oxygen atoms in total. The maximum atomic E-state index is 13.1. The molecule has 2 heterocycles. The molecular formula is C19H29N3O3S. The van der Waals surface area contributed by atoms with Crippen molar-refractivity contribution in [3.8, 4) is 0 Å². The third kappa shape index (κ3) is 3.40. The molecule has 0 saturated carbocycles. The van der Waals surface area contributed by atoms with Crippen LogP contribution in [0, 0.1) is 13.8 Å². The second kappa shape index (κ2) is 7.29. The quantitative estimate of drug-likeness (QED) is 0.865. The molecule has 0 spiro atoms.